The third-order valence-electron chi connectivity index (χ3n) is 3.10. The second kappa shape index (κ2) is 6.28. The van der Waals surface area contributed by atoms with Gasteiger partial charge in [-0.05, 0) is 54.6 Å². The van der Waals surface area contributed by atoms with E-state index in [4.69, 9.17) is 4.74 Å². The fraction of sp³-hybridized carbons (Fsp3) is 0.250. The minimum Gasteiger partial charge on any atom is -0.496 e. The molecular weight excluding hydrogens is 349 g/mol. The molecule has 0 heterocycles. The summed E-state index contributed by atoms with van der Waals surface area (Å²) in [5.74, 6) is 0.927. The van der Waals surface area contributed by atoms with Crippen LogP contribution in [-0.4, -0.2) is 7.11 Å². The van der Waals surface area contributed by atoms with E-state index in [1.54, 1.807) is 7.11 Å². The van der Waals surface area contributed by atoms with Gasteiger partial charge < -0.3 is 10.1 Å². The number of anilines is 1. The molecule has 2 aromatic carbocycles. The van der Waals surface area contributed by atoms with Gasteiger partial charge in [0.25, 0.3) is 0 Å². The molecule has 0 saturated carbocycles. The van der Waals surface area contributed by atoms with E-state index in [9.17, 15) is 0 Å². The summed E-state index contributed by atoms with van der Waals surface area (Å²) in [6.45, 7) is 4.25. The molecule has 0 radical (unpaired) electrons. The van der Waals surface area contributed by atoms with Crippen molar-refractivity contribution in [3.8, 4) is 5.75 Å². The Hall–Kier alpha value is -1.23. The highest BCUT2D eigenvalue weighted by molar-refractivity contribution is 14.1. The Balaban J connectivity index is 2.27. The first kappa shape index (κ1) is 14.2. The molecule has 0 aromatic heterocycles. The molecule has 3 heteroatoms. The fourth-order valence-electron chi connectivity index (χ4n) is 2.08. The van der Waals surface area contributed by atoms with Crippen molar-refractivity contribution >= 4 is 28.3 Å². The first-order valence-corrected chi connectivity index (χ1v) is 7.35. The first-order valence-electron chi connectivity index (χ1n) is 6.27. The van der Waals surface area contributed by atoms with Crippen LogP contribution < -0.4 is 10.1 Å². The Labute approximate surface area is 128 Å². The van der Waals surface area contributed by atoms with Crippen LogP contribution in [0.5, 0.6) is 5.75 Å². The third-order valence-corrected chi connectivity index (χ3v) is 4.04. The standard InChI is InChI=1S/C16H18INO/c1-11-8-9-16(19-3)13(10-11)12(2)18-15-7-5-4-6-14(15)17/h4-10,12,18H,1-3H3. The van der Waals surface area contributed by atoms with Crippen molar-refractivity contribution in [2.75, 3.05) is 12.4 Å². The molecule has 0 bridgehead atoms. The van der Waals surface area contributed by atoms with Crippen LogP contribution in [0.1, 0.15) is 24.1 Å². The van der Waals surface area contributed by atoms with Gasteiger partial charge >= 0.3 is 0 Å². The number of aryl methyl sites for hydroxylation is 1. The zero-order chi connectivity index (χ0) is 13.8. The van der Waals surface area contributed by atoms with E-state index in [1.807, 2.05) is 18.2 Å². The van der Waals surface area contributed by atoms with Crippen molar-refractivity contribution in [1.82, 2.24) is 0 Å². The summed E-state index contributed by atoms with van der Waals surface area (Å²) in [4.78, 5) is 0. The van der Waals surface area contributed by atoms with Crippen LogP contribution in [-0.2, 0) is 0 Å². The number of ether oxygens (including phenoxy) is 1. The number of rotatable bonds is 4. The van der Waals surface area contributed by atoms with Crippen LogP contribution in [0, 0.1) is 10.5 Å². The van der Waals surface area contributed by atoms with Gasteiger partial charge in [0.05, 0.1) is 13.2 Å². The normalized spacial score (nSPS) is 12.0. The molecule has 19 heavy (non-hydrogen) atoms. The molecule has 1 atom stereocenters. The van der Waals surface area contributed by atoms with Crippen molar-refractivity contribution in [2.45, 2.75) is 19.9 Å². The SMILES string of the molecule is COc1ccc(C)cc1C(C)Nc1ccccc1I. The lowest BCUT2D eigenvalue weighted by atomic mass is 10.0. The van der Waals surface area contributed by atoms with Crippen molar-refractivity contribution in [3.05, 3.63) is 57.2 Å². The fourth-order valence-corrected chi connectivity index (χ4v) is 2.62. The maximum Gasteiger partial charge on any atom is 0.124 e. The van der Waals surface area contributed by atoms with Crippen molar-refractivity contribution in [2.24, 2.45) is 0 Å². The van der Waals surface area contributed by atoms with Crippen LogP contribution in [0.4, 0.5) is 5.69 Å². The van der Waals surface area contributed by atoms with Gasteiger partial charge in [-0.1, -0.05) is 29.8 Å². The summed E-state index contributed by atoms with van der Waals surface area (Å²) < 4.78 is 6.67. The predicted molar refractivity (Wildman–Crippen MR) is 88.9 cm³/mol. The maximum atomic E-state index is 5.45. The van der Waals surface area contributed by atoms with Gasteiger partial charge in [-0.15, -0.1) is 0 Å². The molecule has 0 amide bonds. The third kappa shape index (κ3) is 3.41. The highest BCUT2D eigenvalue weighted by Gasteiger charge is 2.12. The molecule has 0 aliphatic carbocycles. The molecule has 2 nitrogen and oxygen atoms in total. The smallest absolute Gasteiger partial charge is 0.124 e. The van der Waals surface area contributed by atoms with Crippen LogP contribution in [0.3, 0.4) is 0 Å². The second-order valence-corrected chi connectivity index (χ2v) is 5.75. The molecule has 0 aliphatic rings. The van der Waals surface area contributed by atoms with Gasteiger partial charge in [0.15, 0.2) is 0 Å². The Morgan fingerprint density at radius 1 is 1.16 bits per heavy atom. The average molecular weight is 367 g/mol. The number of methoxy groups -OCH3 is 1. The van der Waals surface area contributed by atoms with Gasteiger partial charge in [0.2, 0.25) is 0 Å². The van der Waals surface area contributed by atoms with Crippen molar-refractivity contribution < 1.29 is 4.74 Å². The molecule has 0 aliphatic heterocycles. The number of para-hydroxylation sites is 1. The molecule has 1 unspecified atom stereocenters. The van der Waals surface area contributed by atoms with E-state index in [-0.39, 0.29) is 6.04 Å². The quantitative estimate of drug-likeness (QED) is 0.786. The monoisotopic (exact) mass is 367 g/mol. The van der Waals surface area contributed by atoms with E-state index in [2.05, 4.69) is 66.0 Å². The van der Waals surface area contributed by atoms with Crippen LogP contribution in [0.25, 0.3) is 0 Å². The summed E-state index contributed by atoms with van der Waals surface area (Å²) in [6.07, 6.45) is 0. The molecule has 0 fully saturated rings. The Kier molecular flexibility index (Phi) is 4.69. The number of hydrogen-bond acceptors (Lipinski definition) is 2. The van der Waals surface area contributed by atoms with E-state index >= 15 is 0 Å². The minimum absolute atomic E-state index is 0.200. The zero-order valence-corrected chi connectivity index (χ0v) is 13.6. The summed E-state index contributed by atoms with van der Waals surface area (Å²) in [5.41, 5.74) is 3.58. The topological polar surface area (TPSA) is 21.3 Å². The summed E-state index contributed by atoms with van der Waals surface area (Å²) in [7, 11) is 1.72. The lowest BCUT2D eigenvalue weighted by Gasteiger charge is -2.19. The Bertz CT molecular complexity index is 568. The Morgan fingerprint density at radius 3 is 2.58 bits per heavy atom. The van der Waals surface area contributed by atoms with E-state index in [0.717, 1.165) is 11.4 Å². The maximum absolute atomic E-state index is 5.45. The molecule has 0 spiro atoms. The second-order valence-electron chi connectivity index (χ2n) is 4.59. The number of nitrogens with one attached hydrogen (secondary N) is 1. The lowest BCUT2D eigenvalue weighted by molar-refractivity contribution is 0.408. The molecule has 100 valence electrons. The number of benzene rings is 2. The zero-order valence-electron chi connectivity index (χ0n) is 11.4. The van der Waals surface area contributed by atoms with E-state index in [1.165, 1.54) is 14.7 Å². The Morgan fingerprint density at radius 2 is 1.89 bits per heavy atom. The lowest BCUT2D eigenvalue weighted by Crippen LogP contribution is -2.09. The predicted octanol–water partition coefficient (Wildman–Crippen LogP) is 4.78. The molecule has 1 N–H and O–H groups in total. The summed E-state index contributed by atoms with van der Waals surface area (Å²) in [5, 5.41) is 3.54. The van der Waals surface area contributed by atoms with Gasteiger partial charge in [0.1, 0.15) is 5.75 Å². The summed E-state index contributed by atoms with van der Waals surface area (Å²) >= 11 is 2.34. The van der Waals surface area contributed by atoms with Gasteiger partial charge in [-0.2, -0.15) is 0 Å². The van der Waals surface area contributed by atoms with Crippen LogP contribution in [0.2, 0.25) is 0 Å². The highest BCUT2D eigenvalue weighted by atomic mass is 127. The van der Waals surface area contributed by atoms with Gasteiger partial charge in [-0.3, -0.25) is 0 Å². The number of hydrogen-bond donors (Lipinski definition) is 1. The van der Waals surface area contributed by atoms with E-state index in [0.29, 0.717) is 0 Å². The first-order chi connectivity index (χ1) is 9.11. The molecular formula is C16H18INO. The van der Waals surface area contributed by atoms with Crippen molar-refractivity contribution in [3.63, 3.8) is 0 Å². The molecule has 2 rings (SSSR count). The van der Waals surface area contributed by atoms with Gasteiger partial charge in [0, 0.05) is 14.8 Å². The average Bonchev–Trinajstić information content (AvgIpc) is 2.41. The highest BCUT2D eigenvalue weighted by Crippen LogP contribution is 2.30. The van der Waals surface area contributed by atoms with Crippen molar-refractivity contribution in [1.29, 1.82) is 0 Å². The summed E-state index contributed by atoms with van der Waals surface area (Å²) in [6, 6.07) is 14.8. The molecule has 0 saturated heterocycles. The minimum atomic E-state index is 0.200. The number of halogens is 1. The van der Waals surface area contributed by atoms with Crippen LogP contribution >= 0.6 is 22.6 Å². The van der Waals surface area contributed by atoms with Crippen LogP contribution in [0.15, 0.2) is 42.5 Å². The van der Waals surface area contributed by atoms with Gasteiger partial charge in [-0.25, -0.2) is 0 Å². The molecule has 2 aromatic rings. The van der Waals surface area contributed by atoms with E-state index < -0.39 is 0 Å². The largest absolute Gasteiger partial charge is 0.496 e.